The topological polar surface area (TPSA) is 212 Å². The molecule has 12 atom stereocenters. The van der Waals surface area contributed by atoms with Gasteiger partial charge in [0.05, 0.1) is 32.0 Å². The lowest BCUT2D eigenvalue weighted by atomic mass is 9.83. The van der Waals surface area contributed by atoms with Crippen LogP contribution in [0.5, 0.6) is 0 Å². The van der Waals surface area contributed by atoms with Gasteiger partial charge in [-0.15, -0.1) is 49.6 Å². The van der Waals surface area contributed by atoms with Crippen LogP contribution in [-0.2, 0) is 18.9 Å². The van der Waals surface area contributed by atoms with E-state index >= 15 is 0 Å². The molecule has 2 amide bonds. The number of nitrogens with zero attached hydrogens (tertiary/aromatic N) is 7. The average molecular weight is 1690 g/mol. The van der Waals surface area contributed by atoms with Crippen LogP contribution in [0.4, 0.5) is 0 Å². The molecule has 0 unspecified atom stereocenters. The molecule has 4 aliphatic heterocycles. The fourth-order valence-corrected chi connectivity index (χ4v) is 18.8. The molecule has 650 valence electrons. The van der Waals surface area contributed by atoms with Crippen LogP contribution < -0.4 is 22.1 Å². The third-order valence-electron chi connectivity index (χ3n) is 25.1. The van der Waals surface area contributed by atoms with Crippen molar-refractivity contribution in [3.8, 4) is 17.1 Å². The number of carbonyl (C=O) groups excluding carboxylic acids is 2. The van der Waals surface area contributed by atoms with Crippen molar-refractivity contribution in [2.75, 3.05) is 131 Å². The number of carbonyl (C=O) groups is 3. The molecule has 7 heterocycles. The molecule has 4 aliphatic carbocycles. The number of nitrogens with two attached hydrogens (primary N) is 2. The minimum absolute atomic E-state index is 0. The highest BCUT2D eigenvalue weighted by Crippen LogP contribution is 2.32. The Balaban J connectivity index is 0.000000231. The van der Waals surface area contributed by atoms with E-state index in [1.165, 1.54) is 194 Å². The van der Waals surface area contributed by atoms with Gasteiger partial charge < -0.3 is 79.5 Å². The Morgan fingerprint density at radius 2 is 0.595 bits per heavy atom. The number of carboxylic acid groups (broad SMARTS) is 1. The fraction of sp³-hybridized carbons (Fsp3) is 0.645. The molecule has 4 saturated heterocycles. The molecule has 6 aromatic rings. The zero-order chi connectivity index (χ0) is 78.5. The second kappa shape index (κ2) is 55.6. The Bertz CT molecular complexity index is 3340. The number of carboxylic acids is 1. The summed E-state index contributed by atoms with van der Waals surface area (Å²) in [6.45, 7) is 29.6. The molecule has 0 bridgehead atoms. The van der Waals surface area contributed by atoms with Crippen molar-refractivity contribution < 1.29 is 38.4 Å². The normalized spacial score (nSPS) is 25.2. The molecule has 3 aromatic heterocycles. The number of halogens is 4. The van der Waals surface area contributed by atoms with Gasteiger partial charge in [-0.3, -0.25) is 9.59 Å². The summed E-state index contributed by atoms with van der Waals surface area (Å²) < 4.78 is 28.5. The first-order valence-electron chi connectivity index (χ1n) is 44.1. The van der Waals surface area contributed by atoms with Crippen molar-refractivity contribution in [3.63, 3.8) is 0 Å². The number of likely N-dealkylation sites (tertiary alicyclic amines) is 4. The maximum absolute atomic E-state index is 13.0. The third-order valence-corrected chi connectivity index (χ3v) is 25.1. The molecule has 8 fully saturated rings. The van der Waals surface area contributed by atoms with Gasteiger partial charge >= 0.3 is 5.97 Å². The number of benzene rings is 3. The molecule has 23 heteroatoms. The summed E-state index contributed by atoms with van der Waals surface area (Å²) >= 11 is 0. The number of ether oxygens (including phenoxy) is 4. The molecule has 116 heavy (non-hydrogen) atoms. The van der Waals surface area contributed by atoms with E-state index in [0.29, 0.717) is 41.3 Å². The van der Waals surface area contributed by atoms with E-state index in [4.69, 9.17) is 35.5 Å². The number of piperidine rings is 4. The van der Waals surface area contributed by atoms with Crippen molar-refractivity contribution in [1.82, 2.24) is 43.9 Å². The Morgan fingerprint density at radius 1 is 0.345 bits per heavy atom. The van der Waals surface area contributed by atoms with Crippen LogP contribution in [0, 0.1) is 47.3 Å². The van der Waals surface area contributed by atoms with E-state index in [9.17, 15) is 14.4 Å². The van der Waals surface area contributed by atoms with E-state index in [-0.39, 0.29) is 73.5 Å². The lowest BCUT2D eigenvalue weighted by molar-refractivity contribution is 0.0546. The summed E-state index contributed by atoms with van der Waals surface area (Å²) in [6, 6.07) is 35.9. The quantitative estimate of drug-likeness (QED) is 0.0309. The van der Waals surface area contributed by atoms with E-state index < -0.39 is 5.97 Å². The number of hydrogen-bond acceptors (Lipinski definition) is 13. The second-order valence-corrected chi connectivity index (χ2v) is 33.6. The summed E-state index contributed by atoms with van der Waals surface area (Å²) in [4.78, 5) is 47.1. The first kappa shape index (κ1) is 99.5. The molecule has 0 spiro atoms. The van der Waals surface area contributed by atoms with Crippen LogP contribution in [-0.4, -0.2) is 212 Å². The lowest BCUT2D eigenvalue weighted by Crippen LogP contribution is -2.48. The lowest BCUT2D eigenvalue weighted by Gasteiger charge is -2.39. The van der Waals surface area contributed by atoms with Crippen molar-refractivity contribution in [2.45, 2.75) is 206 Å². The molecule has 19 nitrogen and oxygen atoms in total. The van der Waals surface area contributed by atoms with Crippen LogP contribution in [0.15, 0.2) is 146 Å². The van der Waals surface area contributed by atoms with Crippen molar-refractivity contribution in [2.24, 2.45) is 58.8 Å². The SMILES string of the molecule is CCOC[C@@H]1CCCN(C[C@@H]2CCCC[C@H]2N)C1.CCOC[C@@H]1CCCN(C[C@@H]2CCCC[C@H]2NC(=O)c2ccc(-n3cccc3)cc2)C1.CCOC[C@@H]1CCCN(C[C@H]2CCCC[C@@H]2N)C1.CCOC[C@@H]1CCCN(C[C@H]2CCCC[C@@H]2NC(=O)c2ccc(-n3cccc3)cc2)C1.Cl.Cl.Cl.Cl.O=C(O)c1ccc(-n2cccc2)cc1. The minimum Gasteiger partial charge on any atom is -0.478 e. The molecule has 3 aromatic carbocycles. The average Bonchev–Trinajstić information content (AvgIpc) is 0.998. The third kappa shape index (κ3) is 33.6. The first-order chi connectivity index (χ1) is 54.8. The standard InChI is InChI=1S/2C26H37N3O2.2C15H30N2O.C11H9NO2.4ClH/c2*1-2-31-20-21-8-7-15-28(18-21)19-23-9-3-4-10-25(23)27-26(30)22-11-13-24(14-12-22)29-16-5-6-17-29;2*1-2-18-12-13-6-5-9-17(10-13)11-14-7-3-4-8-15(14)16;13-11(14)9-3-5-10(6-4-9)12-7-1-2-8-12;;;;/h2*5-6,11-14,16-17,21,23,25H,2-4,7-10,15,18-20H2,1H3,(H,27,30);2*13-15H,2-12,16H2,1H3;1-8H,(H,13,14);4*1H/t21-,23+,25-;21-,23-,25+;13-,14+,15-;13-,14-,15+;;;;;/m1111...../s1. The highest BCUT2D eigenvalue weighted by Gasteiger charge is 2.34. The molecule has 0 radical (unpaired) electrons. The molecular formula is C93H147Cl4N11O8. The van der Waals surface area contributed by atoms with Crippen LogP contribution in [0.2, 0.25) is 0 Å². The summed E-state index contributed by atoms with van der Waals surface area (Å²) in [6.07, 6.45) is 42.5. The summed E-state index contributed by atoms with van der Waals surface area (Å²) in [7, 11) is 0. The van der Waals surface area contributed by atoms with Gasteiger partial charge in [0, 0.05) is 168 Å². The van der Waals surface area contributed by atoms with Gasteiger partial charge in [-0.2, -0.15) is 0 Å². The molecule has 7 N–H and O–H groups in total. The fourth-order valence-electron chi connectivity index (χ4n) is 18.8. The van der Waals surface area contributed by atoms with Crippen LogP contribution in [0.1, 0.15) is 213 Å². The Labute approximate surface area is 721 Å². The number of amides is 2. The summed E-state index contributed by atoms with van der Waals surface area (Å²) in [5.41, 5.74) is 17.4. The van der Waals surface area contributed by atoms with E-state index in [1.807, 2.05) is 127 Å². The first-order valence-corrected chi connectivity index (χ1v) is 44.1. The van der Waals surface area contributed by atoms with Crippen LogP contribution >= 0.6 is 49.6 Å². The monoisotopic (exact) mass is 1690 g/mol. The maximum Gasteiger partial charge on any atom is 0.335 e. The van der Waals surface area contributed by atoms with Gasteiger partial charge in [-0.1, -0.05) is 51.4 Å². The zero-order valence-electron chi connectivity index (χ0n) is 70.6. The number of rotatable bonds is 28. The number of hydrogen-bond donors (Lipinski definition) is 5. The van der Waals surface area contributed by atoms with Crippen LogP contribution in [0.3, 0.4) is 0 Å². The smallest absolute Gasteiger partial charge is 0.335 e. The molecule has 4 saturated carbocycles. The minimum atomic E-state index is -0.899. The second-order valence-electron chi connectivity index (χ2n) is 33.6. The zero-order valence-corrected chi connectivity index (χ0v) is 73.9. The predicted molar refractivity (Wildman–Crippen MR) is 482 cm³/mol. The van der Waals surface area contributed by atoms with Gasteiger partial charge in [-0.25, -0.2) is 4.79 Å². The van der Waals surface area contributed by atoms with Crippen molar-refractivity contribution >= 4 is 67.4 Å². The summed E-state index contributed by atoms with van der Waals surface area (Å²) in [5.74, 6) is 4.60. The number of aromatic nitrogens is 3. The van der Waals surface area contributed by atoms with E-state index in [1.54, 1.807) is 24.3 Å². The van der Waals surface area contributed by atoms with Gasteiger partial charge in [0.2, 0.25) is 0 Å². The Kier molecular flexibility index (Phi) is 47.7. The highest BCUT2D eigenvalue weighted by atomic mass is 35.5. The highest BCUT2D eigenvalue weighted by molar-refractivity contribution is 5.95. The van der Waals surface area contributed by atoms with E-state index in [0.717, 1.165) is 144 Å². The van der Waals surface area contributed by atoms with E-state index in [2.05, 4.69) is 67.1 Å². The van der Waals surface area contributed by atoms with Gasteiger partial charge in [0.1, 0.15) is 0 Å². The summed E-state index contributed by atoms with van der Waals surface area (Å²) in [5, 5.41) is 15.5. The maximum atomic E-state index is 13.0. The Morgan fingerprint density at radius 3 is 0.862 bits per heavy atom. The predicted octanol–water partition coefficient (Wildman–Crippen LogP) is 17.4. The molecule has 14 rings (SSSR count). The largest absolute Gasteiger partial charge is 0.478 e. The van der Waals surface area contributed by atoms with Crippen molar-refractivity contribution in [3.05, 3.63) is 163 Å². The van der Waals surface area contributed by atoms with Crippen molar-refractivity contribution in [1.29, 1.82) is 0 Å². The number of aromatic carboxylic acids is 1. The van der Waals surface area contributed by atoms with Crippen LogP contribution in [0.25, 0.3) is 17.1 Å². The molecule has 8 aliphatic rings. The van der Waals surface area contributed by atoms with Gasteiger partial charge in [0.15, 0.2) is 0 Å². The number of nitrogens with one attached hydrogen (secondary N) is 2. The van der Waals surface area contributed by atoms with Gasteiger partial charge in [0.25, 0.3) is 11.8 Å². The van der Waals surface area contributed by atoms with Gasteiger partial charge in [-0.05, 0) is 313 Å². The molecular weight excluding hydrogens is 1540 g/mol. The Hall–Kier alpha value is -5.33.